The zero-order valence-electron chi connectivity index (χ0n) is 13.1. The van der Waals surface area contributed by atoms with Gasteiger partial charge in [0.05, 0.1) is 10.0 Å². The van der Waals surface area contributed by atoms with Crippen LogP contribution in [0.15, 0.2) is 18.2 Å². The summed E-state index contributed by atoms with van der Waals surface area (Å²) < 4.78 is 0. The molecule has 0 amide bonds. The molecule has 1 unspecified atom stereocenters. The van der Waals surface area contributed by atoms with Gasteiger partial charge in [-0.3, -0.25) is 0 Å². The molecule has 1 aromatic carbocycles. The Hall–Kier alpha value is -0.240. The van der Waals surface area contributed by atoms with Crippen molar-refractivity contribution in [2.75, 3.05) is 6.54 Å². The number of likely N-dealkylation sites (N-methyl/N-ethyl adjacent to an activating group) is 1. The minimum atomic E-state index is 0.385. The van der Waals surface area contributed by atoms with E-state index in [1.165, 1.54) is 5.56 Å². The van der Waals surface area contributed by atoms with Gasteiger partial charge in [0.1, 0.15) is 0 Å². The quantitative estimate of drug-likeness (QED) is 0.788. The Morgan fingerprint density at radius 2 is 1.70 bits per heavy atom. The summed E-state index contributed by atoms with van der Waals surface area (Å²) in [5.74, 6) is 0.685. The molecule has 1 nitrogen and oxygen atoms in total. The number of rotatable bonds is 5. The van der Waals surface area contributed by atoms with Crippen LogP contribution in [0, 0.1) is 16.7 Å². The molecule has 1 fully saturated rings. The van der Waals surface area contributed by atoms with Crippen molar-refractivity contribution in [2.45, 2.75) is 47.1 Å². The Labute approximate surface area is 133 Å². The molecular formula is C17H25Cl2N. The molecule has 3 heteroatoms. The van der Waals surface area contributed by atoms with Crippen LogP contribution >= 0.6 is 23.2 Å². The van der Waals surface area contributed by atoms with E-state index in [1.54, 1.807) is 0 Å². The summed E-state index contributed by atoms with van der Waals surface area (Å²) in [7, 11) is 0. The predicted octanol–water partition coefficient (Wildman–Crippen LogP) is 5.20. The van der Waals surface area contributed by atoms with Gasteiger partial charge in [0, 0.05) is 6.04 Å². The van der Waals surface area contributed by atoms with Gasteiger partial charge in [-0.05, 0) is 47.4 Å². The molecule has 0 aliphatic heterocycles. The first-order valence-electron chi connectivity index (χ1n) is 7.39. The predicted molar refractivity (Wildman–Crippen MR) is 88.7 cm³/mol. The summed E-state index contributed by atoms with van der Waals surface area (Å²) >= 11 is 12.1. The standard InChI is InChI=1S/C17H25Cl2N/c1-6-20-14(15-16(2,3)17(15,4)5)10-11-7-8-12(18)13(19)9-11/h7-9,14-15,20H,6,10H2,1-5H3. The van der Waals surface area contributed by atoms with Crippen LogP contribution < -0.4 is 5.32 Å². The van der Waals surface area contributed by atoms with Crippen LogP contribution in [0.25, 0.3) is 0 Å². The number of benzene rings is 1. The zero-order valence-corrected chi connectivity index (χ0v) is 14.6. The van der Waals surface area contributed by atoms with Crippen LogP contribution in [0.1, 0.15) is 40.2 Å². The van der Waals surface area contributed by atoms with Crippen molar-refractivity contribution >= 4 is 23.2 Å². The highest BCUT2D eigenvalue weighted by molar-refractivity contribution is 6.42. The molecule has 1 aromatic rings. The fourth-order valence-corrected chi connectivity index (χ4v) is 4.06. The average molecular weight is 314 g/mol. The van der Waals surface area contributed by atoms with Crippen molar-refractivity contribution in [3.8, 4) is 0 Å². The van der Waals surface area contributed by atoms with E-state index in [0.29, 0.717) is 32.8 Å². The molecule has 1 saturated carbocycles. The van der Waals surface area contributed by atoms with Crippen LogP contribution in [0.2, 0.25) is 10.0 Å². The lowest BCUT2D eigenvalue weighted by Gasteiger charge is -2.20. The summed E-state index contributed by atoms with van der Waals surface area (Å²) in [5.41, 5.74) is 2.02. The van der Waals surface area contributed by atoms with Crippen molar-refractivity contribution in [3.05, 3.63) is 33.8 Å². The van der Waals surface area contributed by atoms with Gasteiger partial charge >= 0.3 is 0 Å². The minimum absolute atomic E-state index is 0.385. The molecule has 2 rings (SSSR count). The van der Waals surface area contributed by atoms with Gasteiger partial charge in [0.15, 0.2) is 0 Å². The fourth-order valence-electron chi connectivity index (χ4n) is 3.74. The molecule has 1 aliphatic rings. The maximum atomic E-state index is 6.13. The van der Waals surface area contributed by atoms with Gasteiger partial charge in [-0.1, -0.05) is 63.9 Å². The van der Waals surface area contributed by atoms with Gasteiger partial charge in [-0.25, -0.2) is 0 Å². The van der Waals surface area contributed by atoms with E-state index in [-0.39, 0.29) is 0 Å². The van der Waals surface area contributed by atoms with Crippen LogP contribution in [0.4, 0.5) is 0 Å². The SMILES string of the molecule is CCNC(Cc1ccc(Cl)c(Cl)c1)C1C(C)(C)C1(C)C. The van der Waals surface area contributed by atoms with E-state index >= 15 is 0 Å². The normalized spacial score (nSPS) is 21.8. The van der Waals surface area contributed by atoms with Crippen molar-refractivity contribution in [3.63, 3.8) is 0 Å². The van der Waals surface area contributed by atoms with Gasteiger partial charge in [-0.2, -0.15) is 0 Å². The highest BCUT2D eigenvalue weighted by atomic mass is 35.5. The van der Waals surface area contributed by atoms with E-state index in [4.69, 9.17) is 23.2 Å². The number of nitrogens with one attached hydrogen (secondary N) is 1. The summed E-state index contributed by atoms with van der Waals surface area (Å²) in [6, 6.07) is 6.46. The van der Waals surface area contributed by atoms with Gasteiger partial charge in [0.25, 0.3) is 0 Å². The first-order chi connectivity index (χ1) is 9.21. The minimum Gasteiger partial charge on any atom is -0.314 e. The van der Waals surface area contributed by atoms with Crippen molar-refractivity contribution in [2.24, 2.45) is 16.7 Å². The monoisotopic (exact) mass is 313 g/mol. The average Bonchev–Trinajstić information content (AvgIpc) is 2.74. The molecule has 1 aliphatic carbocycles. The zero-order chi connectivity index (χ0) is 15.1. The smallest absolute Gasteiger partial charge is 0.0595 e. The van der Waals surface area contributed by atoms with Gasteiger partial charge < -0.3 is 5.32 Å². The van der Waals surface area contributed by atoms with Gasteiger partial charge in [-0.15, -0.1) is 0 Å². The van der Waals surface area contributed by atoms with Crippen LogP contribution in [-0.4, -0.2) is 12.6 Å². The summed E-state index contributed by atoms with van der Waals surface area (Å²) in [5, 5.41) is 4.94. The maximum Gasteiger partial charge on any atom is 0.0595 e. The highest BCUT2D eigenvalue weighted by Gasteiger charge is 2.66. The lowest BCUT2D eigenvalue weighted by atomic mass is 9.97. The number of hydrogen-bond donors (Lipinski definition) is 1. The molecule has 1 N–H and O–H groups in total. The van der Waals surface area contributed by atoms with E-state index in [2.05, 4.69) is 46.0 Å². The third kappa shape index (κ3) is 2.73. The summed E-state index contributed by atoms with van der Waals surface area (Å²) in [6.45, 7) is 12.7. The summed E-state index contributed by atoms with van der Waals surface area (Å²) in [4.78, 5) is 0. The molecule has 20 heavy (non-hydrogen) atoms. The lowest BCUT2D eigenvalue weighted by molar-refractivity contribution is 0.403. The Kier molecular flexibility index (Phi) is 4.45. The second kappa shape index (κ2) is 5.51. The van der Waals surface area contributed by atoms with Crippen molar-refractivity contribution < 1.29 is 0 Å². The Bertz CT molecular complexity index is 480. The molecule has 0 bridgehead atoms. The molecule has 0 heterocycles. The van der Waals surface area contributed by atoms with Crippen LogP contribution in [0.3, 0.4) is 0 Å². The third-order valence-electron chi connectivity index (χ3n) is 5.44. The lowest BCUT2D eigenvalue weighted by Crippen LogP contribution is -2.35. The largest absolute Gasteiger partial charge is 0.314 e. The third-order valence-corrected chi connectivity index (χ3v) is 6.18. The number of halogens is 2. The second-order valence-corrected chi connectivity index (χ2v) is 7.85. The maximum absolute atomic E-state index is 6.13. The molecule has 0 aromatic heterocycles. The van der Waals surface area contributed by atoms with Gasteiger partial charge in [0.2, 0.25) is 0 Å². The van der Waals surface area contributed by atoms with E-state index in [9.17, 15) is 0 Å². The van der Waals surface area contributed by atoms with E-state index in [1.807, 2.05) is 12.1 Å². The molecule has 112 valence electrons. The first kappa shape index (κ1) is 16.1. The topological polar surface area (TPSA) is 12.0 Å². The van der Waals surface area contributed by atoms with E-state index in [0.717, 1.165) is 13.0 Å². The molecular weight excluding hydrogens is 289 g/mol. The molecule has 0 radical (unpaired) electrons. The molecule has 1 atom stereocenters. The molecule has 0 saturated heterocycles. The van der Waals surface area contributed by atoms with Crippen molar-refractivity contribution in [1.29, 1.82) is 0 Å². The molecule has 0 spiro atoms. The Balaban J connectivity index is 2.17. The fraction of sp³-hybridized carbons (Fsp3) is 0.647. The Morgan fingerprint density at radius 3 is 2.15 bits per heavy atom. The first-order valence-corrected chi connectivity index (χ1v) is 8.14. The number of hydrogen-bond acceptors (Lipinski definition) is 1. The summed E-state index contributed by atoms with van der Waals surface area (Å²) in [6.07, 6.45) is 1.00. The Morgan fingerprint density at radius 1 is 1.10 bits per heavy atom. The van der Waals surface area contributed by atoms with Crippen LogP contribution in [0.5, 0.6) is 0 Å². The van der Waals surface area contributed by atoms with E-state index < -0.39 is 0 Å². The van der Waals surface area contributed by atoms with Crippen LogP contribution in [-0.2, 0) is 6.42 Å². The highest BCUT2D eigenvalue weighted by Crippen LogP contribution is 2.69. The second-order valence-electron chi connectivity index (χ2n) is 7.04. The van der Waals surface area contributed by atoms with Crippen molar-refractivity contribution in [1.82, 2.24) is 5.32 Å².